The van der Waals surface area contributed by atoms with Crippen LogP contribution >= 0.6 is 0 Å². The fourth-order valence-corrected chi connectivity index (χ4v) is 5.92. The maximum atomic E-state index is 2.38. The molecule has 0 spiro atoms. The second-order valence-electron chi connectivity index (χ2n) is 10.7. The monoisotopic (exact) mass is 636 g/mol. The summed E-state index contributed by atoms with van der Waals surface area (Å²) in [5.74, 6) is 1.28. The number of aryl methyl sites for hydroxylation is 4. The van der Waals surface area contributed by atoms with E-state index in [1.54, 1.807) is 45.6 Å². The second kappa shape index (κ2) is 16.2. The molecule has 2 aliphatic rings. The molecule has 6 rings (SSSR count). The van der Waals surface area contributed by atoms with Gasteiger partial charge in [0.05, 0.1) is 0 Å². The van der Waals surface area contributed by atoms with Gasteiger partial charge in [0.25, 0.3) is 0 Å². The van der Waals surface area contributed by atoms with Crippen LogP contribution in [0.4, 0.5) is 0 Å². The summed E-state index contributed by atoms with van der Waals surface area (Å²) >= 11 is 1.74. The summed E-state index contributed by atoms with van der Waals surface area (Å²) in [6.07, 6.45) is 7.81. The molecular formula is C34H40Cl2SiZr-2. The Kier molecular flexibility index (Phi) is 14.1. The normalized spacial score (nSPS) is 17.1. The summed E-state index contributed by atoms with van der Waals surface area (Å²) in [5.41, 5.74) is 12.3. The molecule has 2 aliphatic carbocycles. The molecular weight excluding hydrogens is 599 g/mol. The minimum absolute atomic E-state index is 0. The van der Waals surface area contributed by atoms with E-state index in [4.69, 9.17) is 0 Å². The average Bonchev–Trinajstić information content (AvgIpc) is 3.45. The van der Waals surface area contributed by atoms with E-state index in [9.17, 15) is 0 Å². The smallest absolute Gasteiger partial charge is 0.0461 e. The molecule has 4 aromatic rings. The standard InChI is InChI=1S/2C16H17.C2H6Si.2ClH.Zr/c2*1-12-10-14-8-5-9-15(16(14)11-12)13-6-3-2-4-7-13;1-3-2;;;/h2*2-4,6-7,10-11,15H,5,8-9H2,1H3;1-2H3;2*1H;/q2*-1;;;;+2/p-2. The van der Waals surface area contributed by atoms with Crippen molar-refractivity contribution in [1.82, 2.24) is 0 Å². The molecule has 0 amide bonds. The minimum atomic E-state index is 0. The third kappa shape index (κ3) is 8.92. The van der Waals surface area contributed by atoms with E-state index in [0.29, 0.717) is 11.8 Å². The van der Waals surface area contributed by atoms with Crippen LogP contribution in [0.25, 0.3) is 0 Å². The average molecular weight is 639 g/mol. The first-order valence-corrected chi connectivity index (χ1v) is 19.7. The zero-order chi connectivity index (χ0) is 25.5. The Balaban J connectivity index is 0.000000224. The first kappa shape index (κ1) is 33.0. The van der Waals surface area contributed by atoms with Crippen molar-refractivity contribution in [3.8, 4) is 0 Å². The quantitative estimate of drug-likeness (QED) is 0.234. The van der Waals surface area contributed by atoms with Crippen molar-refractivity contribution in [2.45, 2.75) is 77.3 Å². The summed E-state index contributed by atoms with van der Waals surface area (Å²) in [6.45, 7) is 9.03. The van der Waals surface area contributed by atoms with E-state index in [-0.39, 0.29) is 30.2 Å². The maximum Gasteiger partial charge on any atom is -0.0461 e. The molecule has 4 aromatic carbocycles. The molecule has 0 aromatic heterocycles. The van der Waals surface area contributed by atoms with Crippen LogP contribution in [-0.4, -0.2) is 5.43 Å². The largest absolute Gasteiger partial charge is 1.00 e. The van der Waals surface area contributed by atoms with E-state index >= 15 is 0 Å². The maximum absolute atomic E-state index is 2.38. The first-order chi connectivity index (χ1) is 17.4. The van der Waals surface area contributed by atoms with Crippen molar-refractivity contribution in [2.75, 3.05) is 0 Å². The van der Waals surface area contributed by atoms with Crippen molar-refractivity contribution in [3.05, 3.63) is 129 Å². The van der Waals surface area contributed by atoms with Crippen molar-refractivity contribution in [3.63, 3.8) is 0 Å². The van der Waals surface area contributed by atoms with Gasteiger partial charge in [-0.1, -0.05) is 124 Å². The molecule has 0 saturated carbocycles. The first-order valence-electron chi connectivity index (χ1n) is 13.6. The van der Waals surface area contributed by atoms with Gasteiger partial charge in [0.15, 0.2) is 0 Å². The van der Waals surface area contributed by atoms with Gasteiger partial charge in [-0.3, -0.25) is 0 Å². The van der Waals surface area contributed by atoms with Gasteiger partial charge in [-0.25, -0.2) is 12.1 Å². The molecule has 0 fully saturated rings. The van der Waals surface area contributed by atoms with E-state index in [1.165, 1.54) is 60.8 Å². The Morgan fingerprint density at radius 3 is 1.34 bits per heavy atom. The molecule has 0 radical (unpaired) electrons. The predicted molar refractivity (Wildman–Crippen MR) is 153 cm³/mol. The van der Waals surface area contributed by atoms with Crippen LogP contribution in [-0.2, 0) is 36.2 Å². The fourth-order valence-electron chi connectivity index (χ4n) is 5.92. The molecule has 200 valence electrons. The number of rotatable bonds is 2. The Morgan fingerprint density at radius 1 is 0.658 bits per heavy atom. The zero-order valence-corrected chi connectivity index (χ0v) is 28.2. The van der Waals surface area contributed by atoms with Crippen molar-refractivity contribution >= 4 is 5.43 Å². The molecule has 0 saturated heterocycles. The Labute approximate surface area is 258 Å². The van der Waals surface area contributed by atoms with Crippen molar-refractivity contribution in [1.29, 1.82) is 0 Å². The van der Waals surface area contributed by atoms with Crippen LogP contribution in [0.2, 0.25) is 13.1 Å². The Bertz CT molecular complexity index is 1160. The fraction of sp³-hybridized carbons (Fsp3) is 0.353. The zero-order valence-electron chi connectivity index (χ0n) is 23.2. The number of halogens is 2. The molecule has 4 heteroatoms. The number of hydrogen-bond acceptors (Lipinski definition) is 0. The molecule has 2 atom stereocenters. The van der Waals surface area contributed by atoms with Gasteiger partial charge in [0.2, 0.25) is 0 Å². The molecule has 0 heterocycles. The van der Waals surface area contributed by atoms with Crippen molar-refractivity contribution < 1.29 is 48.1 Å². The minimum Gasteiger partial charge on any atom is -1.00 e. The summed E-state index contributed by atoms with van der Waals surface area (Å²) in [6, 6.07) is 31.4. The van der Waals surface area contributed by atoms with Gasteiger partial charge < -0.3 is 24.8 Å². The summed E-state index contributed by atoms with van der Waals surface area (Å²) in [4.78, 5) is 0. The molecule has 38 heavy (non-hydrogen) atoms. The van der Waals surface area contributed by atoms with Crippen LogP contribution in [0.3, 0.4) is 0 Å². The molecule has 2 unspecified atom stereocenters. The second-order valence-corrected chi connectivity index (χ2v) is 20.1. The summed E-state index contributed by atoms with van der Waals surface area (Å²) in [7, 11) is 0. The molecule has 0 aliphatic heterocycles. The third-order valence-corrected chi connectivity index (χ3v) is 7.34. The Hall–Kier alpha value is -1.18. The van der Waals surface area contributed by atoms with Gasteiger partial charge in [0, 0.05) is 0 Å². The van der Waals surface area contributed by atoms with Crippen LogP contribution < -0.4 is 24.8 Å². The van der Waals surface area contributed by atoms with Gasteiger partial charge in [-0.15, -0.1) is 0 Å². The van der Waals surface area contributed by atoms with Crippen LogP contribution in [0.1, 0.15) is 82.0 Å². The summed E-state index contributed by atoms with van der Waals surface area (Å²) < 4.78 is 0. The van der Waals surface area contributed by atoms with Gasteiger partial charge in [-0.05, 0) is 11.8 Å². The molecule has 0 N–H and O–H groups in total. The Morgan fingerprint density at radius 2 is 1.00 bits per heavy atom. The number of fused-ring (bicyclic) bond motifs is 2. The number of hydrogen-bond donors (Lipinski definition) is 0. The summed E-state index contributed by atoms with van der Waals surface area (Å²) in [5, 5.41) is 0. The van der Waals surface area contributed by atoms with E-state index in [1.807, 2.05) is 0 Å². The predicted octanol–water partition coefficient (Wildman–Crippen LogP) is 3.16. The van der Waals surface area contributed by atoms with Gasteiger partial charge in [-0.2, -0.15) is 45.5 Å². The third-order valence-electron chi connectivity index (χ3n) is 7.34. The van der Waals surface area contributed by atoms with Crippen LogP contribution in [0.5, 0.6) is 0 Å². The molecule has 0 nitrogen and oxygen atoms in total. The number of benzene rings is 2. The SMILES string of the molecule is C[Si](C)=[Zr+2].Cc1cc2c([cH-]1)CCCC2c1ccccc1.Cc1cc2c([cH-]1)CCCC2c1ccccc1.[Cl-].[Cl-]. The molecule has 0 bridgehead atoms. The van der Waals surface area contributed by atoms with Crippen molar-refractivity contribution in [2.24, 2.45) is 0 Å². The van der Waals surface area contributed by atoms with E-state index in [2.05, 4.69) is 112 Å². The van der Waals surface area contributed by atoms with Gasteiger partial charge in [0.1, 0.15) is 0 Å². The van der Waals surface area contributed by atoms with Crippen LogP contribution in [0.15, 0.2) is 84.9 Å². The van der Waals surface area contributed by atoms with E-state index < -0.39 is 0 Å². The van der Waals surface area contributed by atoms with E-state index in [0.717, 1.165) is 0 Å². The van der Waals surface area contributed by atoms with Gasteiger partial charge >= 0.3 is 41.9 Å². The van der Waals surface area contributed by atoms with Crippen LogP contribution in [0, 0.1) is 13.8 Å². The topological polar surface area (TPSA) is 0 Å².